The predicted octanol–water partition coefficient (Wildman–Crippen LogP) is 10.4. The fourth-order valence-corrected chi connectivity index (χ4v) is 10.1. The van der Waals surface area contributed by atoms with E-state index in [1.54, 1.807) is 0 Å². The van der Waals surface area contributed by atoms with Crippen molar-refractivity contribution in [3.05, 3.63) is 96.2 Å². The van der Waals surface area contributed by atoms with Crippen LogP contribution in [0.3, 0.4) is 0 Å². The lowest BCUT2D eigenvalue weighted by Crippen LogP contribution is -2.59. The SMILES string of the molecule is C=C([C@H](/C=C/[C@H](CC(C)C)NC(=O)OC(C)(C)C)Cc1ccccc1)N1CCC[C@H]1C(=O)C[C@H](C(=O)N[C@@H](CCCNC(=O)OCc1ccccc1)C(=O)CC1CC(C)(C)N(O)C(C)(C)C1)C(C)C. The molecule has 382 valence electrons. The number of nitrogens with one attached hydrogen (secondary N) is 3. The van der Waals surface area contributed by atoms with Crippen LogP contribution in [0.15, 0.2) is 85.1 Å². The minimum absolute atomic E-state index is 0.000465. The summed E-state index contributed by atoms with van der Waals surface area (Å²) in [6.07, 6.45) is 7.94. The summed E-state index contributed by atoms with van der Waals surface area (Å²) in [6, 6.07) is 17.9. The Labute approximate surface area is 413 Å². The third-order valence-corrected chi connectivity index (χ3v) is 13.4. The quantitative estimate of drug-likeness (QED) is 0.0588. The van der Waals surface area contributed by atoms with E-state index in [9.17, 15) is 29.2 Å². The average molecular weight is 956 g/mol. The van der Waals surface area contributed by atoms with Crippen LogP contribution in [0.2, 0.25) is 0 Å². The number of hydrogen-bond donors (Lipinski definition) is 4. The first-order valence-electron chi connectivity index (χ1n) is 25.3. The van der Waals surface area contributed by atoms with Crippen LogP contribution in [0.25, 0.3) is 0 Å². The topological polar surface area (TPSA) is 167 Å². The maximum absolute atomic E-state index is 14.5. The molecule has 0 bridgehead atoms. The van der Waals surface area contributed by atoms with Crippen LogP contribution in [0.4, 0.5) is 9.59 Å². The van der Waals surface area contributed by atoms with Crippen molar-refractivity contribution in [1.29, 1.82) is 0 Å². The number of hydroxylamine groups is 2. The number of piperidine rings is 1. The van der Waals surface area contributed by atoms with Crippen molar-refractivity contribution < 1.29 is 38.7 Å². The molecule has 2 aliphatic heterocycles. The van der Waals surface area contributed by atoms with Crippen molar-refractivity contribution in [3.63, 3.8) is 0 Å². The highest BCUT2D eigenvalue weighted by Gasteiger charge is 2.46. The van der Waals surface area contributed by atoms with Gasteiger partial charge in [-0.15, -0.1) is 0 Å². The van der Waals surface area contributed by atoms with Gasteiger partial charge >= 0.3 is 12.2 Å². The Balaban J connectivity index is 1.50. The van der Waals surface area contributed by atoms with Crippen molar-refractivity contribution in [2.75, 3.05) is 13.1 Å². The van der Waals surface area contributed by atoms with Gasteiger partial charge in [0.05, 0.1) is 18.1 Å². The molecule has 0 aromatic heterocycles. The zero-order valence-corrected chi connectivity index (χ0v) is 43.6. The lowest BCUT2D eigenvalue weighted by atomic mass is 9.73. The molecule has 5 atom stereocenters. The van der Waals surface area contributed by atoms with E-state index in [0.717, 1.165) is 23.2 Å². The number of carbonyl (C=O) groups excluding carboxylic acids is 5. The number of nitrogens with zero attached hydrogens (tertiary/aromatic N) is 2. The highest BCUT2D eigenvalue weighted by Crippen LogP contribution is 2.41. The first kappa shape index (κ1) is 56.6. The number of ether oxygens (including phenoxy) is 2. The van der Waals surface area contributed by atoms with Gasteiger partial charge in [0.1, 0.15) is 12.2 Å². The molecule has 0 saturated carbocycles. The molecular formula is C56H85N5O8. The van der Waals surface area contributed by atoms with Gasteiger partial charge in [-0.25, -0.2) is 9.59 Å². The van der Waals surface area contributed by atoms with E-state index in [4.69, 9.17) is 9.47 Å². The van der Waals surface area contributed by atoms with Gasteiger partial charge in [0.2, 0.25) is 5.91 Å². The van der Waals surface area contributed by atoms with Crippen molar-refractivity contribution in [3.8, 4) is 0 Å². The first-order valence-corrected chi connectivity index (χ1v) is 25.3. The minimum atomic E-state index is -0.841. The van der Waals surface area contributed by atoms with Gasteiger partial charge in [-0.2, -0.15) is 5.06 Å². The number of ketones is 2. The summed E-state index contributed by atoms with van der Waals surface area (Å²) >= 11 is 0. The van der Waals surface area contributed by atoms with Gasteiger partial charge in [-0.05, 0) is 129 Å². The van der Waals surface area contributed by atoms with E-state index in [1.807, 2.05) is 117 Å². The molecule has 0 spiro atoms. The maximum atomic E-state index is 14.5. The van der Waals surface area contributed by atoms with Crippen LogP contribution in [-0.2, 0) is 36.9 Å². The number of alkyl carbamates (subject to hydrolysis) is 2. The number of hydrogen-bond acceptors (Lipinski definition) is 10. The number of carbonyl (C=O) groups is 5. The van der Waals surface area contributed by atoms with E-state index in [-0.39, 0.29) is 73.7 Å². The van der Waals surface area contributed by atoms with E-state index in [2.05, 4.69) is 59.5 Å². The van der Waals surface area contributed by atoms with Gasteiger partial charge in [-0.3, -0.25) is 14.4 Å². The van der Waals surface area contributed by atoms with E-state index < -0.39 is 46.9 Å². The van der Waals surface area contributed by atoms with Crippen molar-refractivity contribution in [1.82, 2.24) is 25.9 Å². The van der Waals surface area contributed by atoms with Gasteiger partial charge in [0, 0.05) is 54.5 Å². The largest absolute Gasteiger partial charge is 0.445 e. The number of allylic oxidation sites excluding steroid dienone is 1. The Morgan fingerprint density at radius 2 is 1.48 bits per heavy atom. The van der Waals surface area contributed by atoms with Crippen LogP contribution in [0.1, 0.15) is 145 Å². The molecule has 2 aromatic carbocycles. The standard InChI is InChI=1S/C56H85N5O8/c1-38(2)31-45(58-53(66)69-54(6,7)8)28-27-44(32-41-21-15-13-16-22-41)40(5)60-30-20-26-48(60)50(63)34-46(39(3)4)51(64)59-47(25-19-29-57-52(65)68-37-42-23-17-14-18-24-42)49(62)33-43-35-55(9,10)61(67)56(11,12)36-43/h13-18,21-24,27-28,38-39,43-48,67H,5,19-20,25-26,29-37H2,1-4,6-12H3,(H,57,65)(H,58,66)(H,59,64)/b28-27+/t44-,45-,46+,47+,48+/m1/s1. The second-order valence-electron chi connectivity index (χ2n) is 22.5. The van der Waals surface area contributed by atoms with Crippen LogP contribution >= 0.6 is 0 Å². The van der Waals surface area contributed by atoms with Crippen molar-refractivity contribution in [2.24, 2.45) is 29.6 Å². The fourth-order valence-electron chi connectivity index (χ4n) is 10.1. The molecule has 13 nitrogen and oxygen atoms in total. The van der Waals surface area contributed by atoms with E-state index in [1.165, 1.54) is 5.06 Å². The number of amides is 3. The zero-order valence-electron chi connectivity index (χ0n) is 43.6. The molecule has 4 N–H and O–H groups in total. The smallest absolute Gasteiger partial charge is 0.408 e. The number of Topliss-reactive ketones (excluding diaryl/α,β-unsaturated/α-hetero) is 2. The van der Waals surface area contributed by atoms with Crippen LogP contribution in [0.5, 0.6) is 0 Å². The molecule has 2 fully saturated rings. The van der Waals surface area contributed by atoms with Gasteiger partial charge < -0.3 is 35.5 Å². The van der Waals surface area contributed by atoms with Gasteiger partial charge in [0.15, 0.2) is 11.6 Å². The normalized spacial score (nSPS) is 19.2. The molecule has 2 heterocycles. The number of likely N-dealkylation sites (tertiary alicyclic amines) is 1. The van der Waals surface area contributed by atoms with Crippen molar-refractivity contribution >= 4 is 29.7 Å². The zero-order chi connectivity index (χ0) is 51.1. The molecule has 69 heavy (non-hydrogen) atoms. The van der Waals surface area contributed by atoms with E-state index >= 15 is 0 Å². The lowest BCUT2D eigenvalue weighted by molar-refractivity contribution is -0.251. The molecule has 13 heteroatoms. The lowest BCUT2D eigenvalue weighted by Gasteiger charge is -2.51. The summed E-state index contributed by atoms with van der Waals surface area (Å²) in [5.41, 5.74) is 1.04. The summed E-state index contributed by atoms with van der Waals surface area (Å²) < 4.78 is 11.0. The van der Waals surface area contributed by atoms with Crippen LogP contribution in [0, 0.1) is 29.6 Å². The molecule has 3 amide bonds. The molecular weight excluding hydrogens is 871 g/mol. The molecule has 2 aromatic rings. The molecule has 0 radical (unpaired) electrons. The number of rotatable bonds is 24. The summed E-state index contributed by atoms with van der Waals surface area (Å²) in [5, 5.41) is 21.3. The second kappa shape index (κ2) is 25.7. The Morgan fingerprint density at radius 1 is 0.870 bits per heavy atom. The Kier molecular flexibility index (Phi) is 21.1. The predicted molar refractivity (Wildman–Crippen MR) is 272 cm³/mol. The third kappa shape index (κ3) is 18.4. The molecule has 2 saturated heterocycles. The highest BCUT2D eigenvalue weighted by atomic mass is 16.6. The third-order valence-electron chi connectivity index (χ3n) is 13.4. The summed E-state index contributed by atoms with van der Waals surface area (Å²) in [5.74, 6) is -1.32. The first-order chi connectivity index (χ1) is 32.3. The molecule has 4 rings (SSSR count). The minimum Gasteiger partial charge on any atom is -0.445 e. The molecule has 0 aliphatic carbocycles. The second-order valence-corrected chi connectivity index (χ2v) is 22.5. The molecule has 0 unspecified atom stereocenters. The number of benzene rings is 2. The summed E-state index contributed by atoms with van der Waals surface area (Å²) in [4.78, 5) is 70.9. The summed E-state index contributed by atoms with van der Waals surface area (Å²) in [6.45, 7) is 27.1. The Morgan fingerprint density at radius 3 is 2.06 bits per heavy atom. The van der Waals surface area contributed by atoms with Crippen molar-refractivity contribution in [2.45, 2.75) is 182 Å². The van der Waals surface area contributed by atoms with Gasteiger partial charge in [-0.1, -0.05) is 107 Å². The van der Waals surface area contributed by atoms with Gasteiger partial charge in [0.25, 0.3) is 0 Å². The van der Waals surface area contributed by atoms with E-state index in [0.29, 0.717) is 51.0 Å². The maximum Gasteiger partial charge on any atom is 0.408 e. The highest BCUT2D eigenvalue weighted by molar-refractivity contribution is 5.93. The average Bonchev–Trinajstić information content (AvgIpc) is 3.76. The fraction of sp³-hybridized carbons (Fsp3) is 0.625. The molecule has 2 aliphatic rings. The monoisotopic (exact) mass is 956 g/mol. The Hall–Kier alpha value is -5.01. The van der Waals surface area contributed by atoms with Crippen LogP contribution in [-0.4, -0.2) is 92.7 Å². The van der Waals surface area contributed by atoms with Crippen LogP contribution < -0.4 is 16.0 Å². The Bertz CT molecular complexity index is 2010. The summed E-state index contributed by atoms with van der Waals surface area (Å²) in [7, 11) is 0.